The maximum absolute atomic E-state index is 5.81. The lowest BCUT2D eigenvalue weighted by molar-refractivity contribution is 1.45. The maximum atomic E-state index is 5.81. The van der Waals surface area contributed by atoms with Crippen LogP contribution in [0.25, 0.3) is 0 Å². The number of hydrogen-bond acceptors (Lipinski definition) is 0. The van der Waals surface area contributed by atoms with Gasteiger partial charge >= 0.3 is 0 Å². The van der Waals surface area contributed by atoms with Gasteiger partial charge in [-0.15, -0.1) is 0 Å². The molecule has 1 aromatic carbocycles. The Morgan fingerprint density at radius 3 is 2.40 bits per heavy atom. The lowest BCUT2D eigenvalue weighted by Gasteiger charge is -1.99. The Morgan fingerprint density at radius 1 is 1.30 bits per heavy atom. The molecule has 0 aliphatic carbocycles. The molecule has 0 N–H and O–H groups in total. The average Bonchev–Trinajstić information content (AvgIpc) is 1.82. The molecule has 0 heterocycles. The number of hydrogen-bond donors (Lipinski definition) is 0. The first-order valence-electron chi connectivity index (χ1n) is 2.72. The van der Waals surface area contributed by atoms with E-state index in [1.165, 1.54) is 0 Å². The highest BCUT2D eigenvalue weighted by Crippen LogP contribution is 2.28. The van der Waals surface area contributed by atoms with Crippen molar-refractivity contribution < 1.29 is 0 Å². The quantitative estimate of drug-likeness (QED) is 0.501. The molecule has 0 bridgehead atoms. The lowest BCUT2D eigenvalue weighted by atomic mass is 10.2. The van der Waals surface area contributed by atoms with Gasteiger partial charge in [0.1, 0.15) is 0 Å². The van der Waals surface area contributed by atoms with E-state index in [0.29, 0.717) is 10.0 Å². The molecule has 0 saturated carbocycles. The zero-order valence-electron chi connectivity index (χ0n) is 5.29. The van der Waals surface area contributed by atoms with E-state index < -0.39 is 0 Å². The molecule has 0 aromatic heterocycles. The molecule has 1 aromatic rings. The average molecular weight is 287 g/mol. The summed E-state index contributed by atoms with van der Waals surface area (Å²) in [7, 11) is 0. The summed E-state index contributed by atoms with van der Waals surface area (Å²) in [6, 6.07) is 3.85. The summed E-state index contributed by atoms with van der Waals surface area (Å²) < 4.78 is 1.00. The second-order valence-electron chi connectivity index (χ2n) is 2.04. The minimum absolute atomic E-state index is 0.631. The molecule has 3 heteroatoms. The number of aryl methyl sites for hydroxylation is 1. The van der Waals surface area contributed by atoms with E-state index in [9.17, 15) is 0 Å². The van der Waals surface area contributed by atoms with Crippen LogP contribution in [-0.2, 0) is 0 Å². The second-order valence-corrected chi connectivity index (χ2v) is 3.99. The zero-order valence-corrected chi connectivity index (χ0v) is 8.96. The predicted octanol–water partition coefficient (Wildman–Crippen LogP) is 3.91. The van der Waals surface area contributed by atoms with Gasteiger partial charge in [0.15, 0.2) is 0 Å². The van der Waals surface area contributed by atoms with Crippen molar-refractivity contribution >= 4 is 45.8 Å². The molecular formula is C7H5Cl2I. The van der Waals surface area contributed by atoms with Gasteiger partial charge in [-0.25, -0.2) is 0 Å². The van der Waals surface area contributed by atoms with Gasteiger partial charge in [-0.2, -0.15) is 0 Å². The van der Waals surface area contributed by atoms with Crippen molar-refractivity contribution in [1.29, 1.82) is 0 Å². The zero-order chi connectivity index (χ0) is 7.72. The van der Waals surface area contributed by atoms with Gasteiger partial charge in [-0.05, 0) is 47.2 Å². The van der Waals surface area contributed by atoms with Gasteiger partial charge in [-0.3, -0.25) is 0 Å². The number of benzene rings is 1. The molecule has 1 rings (SSSR count). The van der Waals surface area contributed by atoms with E-state index in [2.05, 4.69) is 22.6 Å². The largest absolute Gasteiger partial charge is 0.0827 e. The van der Waals surface area contributed by atoms with Crippen molar-refractivity contribution in [1.82, 2.24) is 0 Å². The molecule has 0 aliphatic rings. The third kappa shape index (κ3) is 1.77. The van der Waals surface area contributed by atoms with Crippen LogP contribution in [0.1, 0.15) is 5.56 Å². The molecule has 0 amide bonds. The molecule has 0 atom stereocenters. The molecule has 0 unspecified atom stereocenters. The van der Waals surface area contributed by atoms with Crippen LogP contribution in [0.3, 0.4) is 0 Å². The van der Waals surface area contributed by atoms with Crippen molar-refractivity contribution in [3.05, 3.63) is 31.3 Å². The van der Waals surface area contributed by atoms with Crippen LogP contribution in [0.15, 0.2) is 12.1 Å². The highest BCUT2D eigenvalue weighted by molar-refractivity contribution is 14.1. The van der Waals surface area contributed by atoms with E-state index in [0.717, 1.165) is 9.13 Å². The Bertz CT molecular complexity index is 235. The van der Waals surface area contributed by atoms with E-state index >= 15 is 0 Å². The Balaban J connectivity index is 3.31. The summed E-state index contributed by atoms with van der Waals surface area (Å²) >= 11 is 13.8. The molecule has 10 heavy (non-hydrogen) atoms. The summed E-state index contributed by atoms with van der Waals surface area (Å²) in [4.78, 5) is 0. The first-order valence-corrected chi connectivity index (χ1v) is 4.56. The molecule has 0 fully saturated rings. The van der Waals surface area contributed by atoms with Crippen LogP contribution in [0.5, 0.6) is 0 Å². The Hall–Kier alpha value is 0.530. The van der Waals surface area contributed by atoms with Gasteiger partial charge in [0.25, 0.3) is 0 Å². The lowest BCUT2D eigenvalue weighted by Crippen LogP contribution is -1.78. The summed E-state index contributed by atoms with van der Waals surface area (Å²) in [5.74, 6) is 0. The minimum Gasteiger partial charge on any atom is -0.0827 e. The fourth-order valence-electron chi connectivity index (χ4n) is 0.682. The predicted molar refractivity (Wildman–Crippen MR) is 53.9 cm³/mol. The van der Waals surface area contributed by atoms with Crippen LogP contribution in [-0.4, -0.2) is 0 Å². The fraction of sp³-hybridized carbons (Fsp3) is 0.143. The van der Waals surface area contributed by atoms with Gasteiger partial charge in [0.2, 0.25) is 0 Å². The molecule has 54 valence electrons. The first-order chi connectivity index (χ1) is 4.61. The minimum atomic E-state index is 0.631. The SMILES string of the molecule is Cc1cc(Cl)c(Cl)c(I)c1. The normalized spacial score (nSPS) is 10.0. The van der Waals surface area contributed by atoms with Gasteiger partial charge in [0, 0.05) is 3.57 Å². The highest BCUT2D eigenvalue weighted by atomic mass is 127. The first kappa shape index (κ1) is 8.62. The van der Waals surface area contributed by atoms with Gasteiger partial charge < -0.3 is 0 Å². The third-order valence-electron chi connectivity index (χ3n) is 1.13. The summed E-state index contributed by atoms with van der Waals surface area (Å²) in [6.45, 7) is 1.99. The Morgan fingerprint density at radius 2 is 1.90 bits per heavy atom. The van der Waals surface area contributed by atoms with Gasteiger partial charge in [-0.1, -0.05) is 23.2 Å². The van der Waals surface area contributed by atoms with Crippen molar-refractivity contribution in [3.8, 4) is 0 Å². The Labute approximate surface area is 83.7 Å². The molecule has 0 saturated heterocycles. The number of halogens is 3. The summed E-state index contributed by atoms with van der Waals surface area (Å²) in [6.07, 6.45) is 0. The highest BCUT2D eigenvalue weighted by Gasteiger charge is 2.01. The second kappa shape index (κ2) is 3.28. The van der Waals surface area contributed by atoms with Crippen LogP contribution in [0.2, 0.25) is 10.0 Å². The molecule has 0 spiro atoms. The maximum Gasteiger partial charge on any atom is 0.0725 e. The molecule has 0 nitrogen and oxygen atoms in total. The van der Waals surface area contributed by atoms with Crippen molar-refractivity contribution in [3.63, 3.8) is 0 Å². The van der Waals surface area contributed by atoms with Crippen molar-refractivity contribution in [2.75, 3.05) is 0 Å². The van der Waals surface area contributed by atoms with Crippen LogP contribution in [0, 0.1) is 10.5 Å². The van der Waals surface area contributed by atoms with Crippen molar-refractivity contribution in [2.45, 2.75) is 6.92 Å². The number of rotatable bonds is 0. The summed E-state index contributed by atoms with van der Waals surface area (Å²) in [5, 5.41) is 1.28. The fourth-order valence-corrected chi connectivity index (χ4v) is 2.01. The van der Waals surface area contributed by atoms with Crippen molar-refractivity contribution in [2.24, 2.45) is 0 Å². The summed E-state index contributed by atoms with van der Waals surface area (Å²) in [5.41, 5.74) is 1.14. The van der Waals surface area contributed by atoms with Crippen LogP contribution >= 0.6 is 45.8 Å². The van der Waals surface area contributed by atoms with Crippen LogP contribution in [0.4, 0.5) is 0 Å². The molecule has 0 aliphatic heterocycles. The van der Waals surface area contributed by atoms with Gasteiger partial charge in [0.05, 0.1) is 10.0 Å². The van der Waals surface area contributed by atoms with Crippen LogP contribution < -0.4 is 0 Å². The topological polar surface area (TPSA) is 0 Å². The van der Waals surface area contributed by atoms with E-state index in [1.807, 2.05) is 19.1 Å². The van der Waals surface area contributed by atoms with E-state index in [-0.39, 0.29) is 0 Å². The third-order valence-corrected chi connectivity index (χ3v) is 3.10. The van der Waals surface area contributed by atoms with E-state index in [1.54, 1.807) is 0 Å². The molecular weight excluding hydrogens is 282 g/mol. The Kier molecular flexibility index (Phi) is 2.83. The molecule has 0 radical (unpaired) electrons. The monoisotopic (exact) mass is 286 g/mol. The smallest absolute Gasteiger partial charge is 0.0725 e. The van der Waals surface area contributed by atoms with E-state index in [4.69, 9.17) is 23.2 Å². The standard InChI is InChI=1S/C7H5Cl2I/c1-4-2-5(8)7(9)6(10)3-4/h2-3H,1H3.